The lowest BCUT2D eigenvalue weighted by Gasteiger charge is -2.07. The van der Waals surface area contributed by atoms with Crippen LogP contribution in [0.4, 0.5) is 5.69 Å². The molecule has 8 nitrogen and oxygen atoms in total. The van der Waals surface area contributed by atoms with Crippen LogP contribution in [0.5, 0.6) is 11.5 Å². The van der Waals surface area contributed by atoms with Gasteiger partial charge < -0.3 is 25.4 Å². The van der Waals surface area contributed by atoms with Crippen LogP contribution in [0.1, 0.15) is 17.4 Å². The maximum absolute atomic E-state index is 12.0. The van der Waals surface area contributed by atoms with Crippen LogP contribution < -0.4 is 10.6 Å². The molecule has 1 aromatic carbocycles. The Morgan fingerprint density at radius 2 is 2.08 bits per heavy atom. The molecule has 0 aliphatic heterocycles. The zero-order chi connectivity index (χ0) is 17.9. The lowest BCUT2D eigenvalue weighted by Crippen LogP contribution is -2.24. The highest BCUT2D eigenvalue weighted by molar-refractivity contribution is 6.32. The van der Waals surface area contributed by atoms with Crippen molar-refractivity contribution >= 4 is 29.1 Å². The topological polar surface area (TPSA) is 125 Å². The van der Waals surface area contributed by atoms with Crippen molar-refractivity contribution in [2.45, 2.75) is 6.92 Å². The predicted molar refractivity (Wildman–Crippen MR) is 87.1 cm³/mol. The van der Waals surface area contributed by atoms with Crippen LogP contribution in [0.25, 0.3) is 11.3 Å². The first kappa shape index (κ1) is 17.4. The number of benzene rings is 1. The smallest absolute Gasteiger partial charge is 0.275 e. The molecular formula is C15H14ClN3O5. The number of hydrogen-bond acceptors (Lipinski definition) is 6. The van der Waals surface area contributed by atoms with Crippen molar-refractivity contribution in [2.75, 3.05) is 11.9 Å². The maximum Gasteiger partial charge on any atom is 0.275 e. The Morgan fingerprint density at radius 3 is 2.71 bits per heavy atom. The third-order valence-electron chi connectivity index (χ3n) is 2.99. The van der Waals surface area contributed by atoms with E-state index in [0.717, 1.165) is 12.1 Å². The molecule has 0 saturated heterocycles. The lowest BCUT2D eigenvalue weighted by atomic mass is 10.1. The highest BCUT2D eigenvalue weighted by atomic mass is 35.5. The van der Waals surface area contributed by atoms with Crippen LogP contribution in [0.15, 0.2) is 29.3 Å². The molecule has 0 radical (unpaired) electrons. The fraction of sp³-hybridized carbons (Fsp3) is 0.133. The van der Waals surface area contributed by atoms with Gasteiger partial charge >= 0.3 is 0 Å². The van der Waals surface area contributed by atoms with E-state index in [1.807, 2.05) is 0 Å². The first-order chi connectivity index (χ1) is 11.4. The van der Waals surface area contributed by atoms with Crippen molar-refractivity contribution in [1.82, 2.24) is 10.5 Å². The van der Waals surface area contributed by atoms with E-state index in [-0.39, 0.29) is 39.2 Å². The van der Waals surface area contributed by atoms with Gasteiger partial charge in [0.1, 0.15) is 17.2 Å². The average molecular weight is 352 g/mol. The molecule has 4 N–H and O–H groups in total. The summed E-state index contributed by atoms with van der Waals surface area (Å²) < 4.78 is 5.11. The van der Waals surface area contributed by atoms with Gasteiger partial charge in [0.15, 0.2) is 11.5 Å². The molecule has 0 aliphatic carbocycles. The molecular weight excluding hydrogens is 338 g/mol. The SMILES string of the molecule is C=CC(=O)Nc1c(C(=O)NCC)noc1-c1cc(Cl)c(O)cc1O. The number of phenols is 2. The summed E-state index contributed by atoms with van der Waals surface area (Å²) in [5, 5.41) is 28.0. The molecule has 0 bridgehead atoms. The van der Waals surface area contributed by atoms with Gasteiger partial charge in [0.05, 0.1) is 10.6 Å². The number of anilines is 1. The highest BCUT2D eigenvalue weighted by Crippen LogP contribution is 2.41. The Morgan fingerprint density at radius 1 is 1.38 bits per heavy atom. The minimum absolute atomic E-state index is 0.0419. The highest BCUT2D eigenvalue weighted by Gasteiger charge is 2.26. The molecule has 0 unspecified atom stereocenters. The van der Waals surface area contributed by atoms with Gasteiger partial charge in [-0.2, -0.15) is 0 Å². The van der Waals surface area contributed by atoms with Gasteiger partial charge in [-0.15, -0.1) is 0 Å². The fourth-order valence-electron chi connectivity index (χ4n) is 1.90. The number of hydrogen-bond donors (Lipinski definition) is 4. The van der Waals surface area contributed by atoms with Crippen LogP contribution in [0.3, 0.4) is 0 Å². The van der Waals surface area contributed by atoms with E-state index in [4.69, 9.17) is 16.1 Å². The zero-order valence-corrected chi connectivity index (χ0v) is 13.3. The fourth-order valence-corrected chi connectivity index (χ4v) is 2.06. The molecule has 24 heavy (non-hydrogen) atoms. The van der Waals surface area contributed by atoms with Crippen molar-refractivity contribution in [3.63, 3.8) is 0 Å². The van der Waals surface area contributed by atoms with Crippen molar-refractivity contribution in [3.8, 4) is 22.8 Å². The molecule has 9 heteroatoms. The summed E-state index contributed by atoms with van der Waals surface area (Å²) in [5.41, 5.74) is -0.186. The van der Waals surface area contributed by atoms with Gasteiger partial charge in [-0.1, -0.05) is 23.3 Å². The Bertz CT molecular complexity index is 816. The average Bonchev–Trinajstić information content (AvgIpc) is 2.94. The number of amides is 2. The summed E-state index contributed by atoms with van der Waals surface area (Å²) in [5.74, 6) is -1.97. The molecule has 0 fully saturated rings. The van der Waals surface area contributed by atoms with Crippen LogP contribution in [0, 0.1) is 0 Å². The lowest BCUT2D eigenvalue weighted by molar-refractivity contribution is -0.111. The number of aromatic hydroxyl groups is 2. The predicted octanol–water partition coefficient (Wildman–Crippen LogP) is 2.28. The molecule has 0 spiro atoms. The second-order valence-electron chi connectivity index (χ2n) is 4.61. The summed E-state index contributed by atoms with van der Waals surface area (Å²) in [6.45, 7) is 5.38. The molecule has 126 valence electrons. The third kappa shape index (κ3) is 3.33. The minimum Gasteiger partial charge on any atom is -0.507 e. The zero-order valence-electron chi connectivity index (χ0n) is 12.6. The van der Waals surface area contributed by atoms with Crippen molar-refractivity contribution in [2.24, 2.45) is 0 Å². The second kappa shape index (κ2) is 7.05. The molecule has 2 rings (SSSR count). The Balaban J connectivity index is 2.61. The third-order valence-corrected chi connectivity index (χ3v) is 3.29. The van der Waals surface area contributed by atoms with Crippen LogP contribution >= 0.6 is 11.6 Å². The minimum atomic E-state index is -0.602. The number of aromatic nitrogens is 1. The van der Waals surface area contributed by atoms with Crippen molar-refractivity contribution < 1.29 is 24.3 Å². The quantitative estimate of drug-likeness (QED) is 0.612. The normalized spacial score (nSPS) is 10.2. The van der Waals surface area contributed by atoms with Gasteiger partial charge in [0.2, 0.25) is 5.91 Å². The van der Waals surface area contributed by atoms with Crippen LogP contribution in [-0.4, -0.2) is 33.7 Å². The number of nitrogens with one attached hydrogen (secondary N) is 2. The Labute approximate surface area is 141 Å². The summed E-state index contributed by atoms with van der Waals surface area (Å²) in [7, 11) is 0. The number of nitrogens with zero attached hydrogens (tertiary/aromatic N) is 1. The monoisotopic (exact) mass is 351 g/mol. The molecule has 0 atom stereocenters. The van der Waals surface area contributed by atoms with Crippen LogP contribution in [0.2, 0.25) is 5.02 Å². The maximum atomic E-state index is 12.0. The van der Waals surface area contributed by atoms with E-state index >= 15 is 0 Å². The van der Waals surface area contributed by atoms with Gasteiger partial charge in [-0.25, -0.2) is 0 Å². The van der Waals surface area contributed by atoms with Crippen LogP contribution in [-0.2, 0) is 4.79 Å². The number of carbonyl (C=O) groups is 2. The van der Waals surface area contributed by atoms with Crippen molar-refractivity contribution in [3.05, 3.63) is 35.5 Å². The molecule has 2 amide bonds. The molecule has 1 heterocycles. The molecule has 1 aromatic heterocycles. The number of phenolic OH excluding ortho intramolecular Hbond substituents is 2. The molecule has 0 saturated carbocycles. The Hall–Kier alpha value is -3.00. The first-order valence-corrected chi connectivity index (χ1v) is 7.19. The molecule has 2 aromatic rings. The first-order valence-electron chi connectivity index (χ1n) is 6.82. The van der Waals surface area contributed by atoms with E-state index in [1.54, 1.807) is 6.92 Å². The number of halogens is 1. The van der Waals surface area contributed by atoms with E-state index in [9.17, 15) is 19.8 Å². The summed E-state index contributed by atoms with van der Waals surface area (Å²) in [4.78, 5) is 23.7. The number of carbonyl (C=O) groups excluding carboxylic acids is 2. The van der Waals surface area contributed by atoms with Crippen molar-refractivity contribution in [1.29, 1.82) is 0 Å². The van der Waals surface area contributed by atoms with Gasteiger partial charge in [-0.05, 0) is 19.1 Å². The largest absolute Gasteiger partial charge is 0.507 e. The summed E-state index contributed by atoms with van der Waals surface area (Å²) >= 11 is 5.83. The summed E-state index contributed by atoms with van der Waals surface area (Å²) in [6, 6.07) is 2.23. The van der Waals surface area contributed by atoms with E-state index in [0.29, 0.717) is 6.54 Å². The van der Waals surface area contributed by atoms with E-state index < -0.39 is 11.8 Å². The Kier molecular flexibility index (Phi) is 5.10. The number of rotatable bonds is 5. The van der Waals surface area contributed by atoms with Gasteiger partial charge in [0.25, 0.3) is 5.91 Å². The summed E-state index contributed by atoms with van der Waals surface area (Å²) in [6.07, 6.45) is 1.00. The standard InChI is InChI=1S/C15H14ClN3O5/c1-3-11(22)18-12-13(15(23)17-4-2)19-24-14(12)7-5-8(16)10(21)6-9(7)20/h3,5-6,20-21H,1,4H2,2H3,(H,17,23)(H,18,22). The second-order valence-corrected chi connectivity index (χ2v) is 5.02. The molecule has 0 aliphatic rings. The van der Waals surface area contributed by atoms with E-state index in [2.05, 4.69) is 22.4 Å². The van der Waals surface area contributed by atoms with Gasteiger partial charge in [-0.3, -0.25) is 9.59 Å². The van der Waals surface area contributed by atoms with E-state index in [1.165, 1.54) is 6.07 Å². The van der Waals surface area contributed by atoms with Gasteiger partial charge in [0, 0.05) is 12.6 Å².